The highest BCUT2D eigenvalue weighted by atomic mass is 32.2. The molecule has 1 aromatic carbocycles. The summed E-state index contributed by atoms with van der Waals surface area (Å²) in [5.74, 6) is 0.323. The van der Waals surface area contributed by atoms with Gasteiger partial charge in [-0.05, 0) is 32.0 Å². The summed E-state index contributed by atoms with van der Waals surface area (Å²) in [4.78, 5) is 25.1. The second-order valence-electron chi connectivity index (χ2n) is 4.89. The second-order valence-corrected chi connectivity index (χ2v) is 6.04. The summed E-state index contributed by atoms with van der Waals surface area (Å²) in [5.41, 5.74) is 2.53. The van der Waals surface area contributed by atoms with E-state index >= 15 is 0 Å². The van der Waals surface area contributed by atoms with Gasteiger partial charge in [-0.25, -0.2) is 9.78 Å². The number of imidazole rings is 1. The highest BCUT2D eigenvalue weighted by Gasteiger charge is 2.09. The van der Waals surface area contributed by atoms with Crippen molar-refractivity contribution in [3.63, 3.8) is 0 Å². The van der Waals surface area contributed by atoms with Crippen LogP contribution >= 0.6 is 11.8 Å². The topological polar surface area (TPSA) is 79.9 Å². The minimum Gasteiger partial charge on any atom is -0.450 e. The number of H-pyrrole nitrogens is 1. The Balaban J connectivity index is 1.78. The number of aryl methyl sites for hydroxylation is 1. The van der Waals surface area contributed by atoms with E-state index in [4.69, 9.17) is 4.74 Å². The van der Waals surface area contributed by atoms with E-state index < -0.39 is 6.09 Å². The van der Waals surface area contributed by atoms with Crippen molar-refractivity contribution in [3.8, 4) is 0 Å². The first-order valence-electron chi connectivity index (χ1n) is 7.18. The van der Waals surface area contributed by atoms with Crippen molar-refractivity contribution in [2.24, 2.45) is 0 Å². The summed E-state index contributed by atoms with van der Waals surface area (Å²) >= 11 is 1.62. The minimum atomic E-state index is -0.541. The molecule has 0 aliphatic carbocycles. The van der Waals surface area contributed by atoms with Crippen molar-refractivity contribution in [2.45, 2.75) is 23.6 Å². The van der Waals surface area contributed by atoms with Gasteiger partial charge < -0.3 is 9.72 Å². The van der Waals surface area contributed by atoms with Crippen molar-refractivity contribution in [1.29, 1.82) is 0 Å². The number of hydrogen-bond acceptors (Lipinski definition) is 5. The standard InChI is InChI=1S/C16H16N4O2S/c1-3-22-16(21)20-15-18-13-8-12(9-17-14(13)19-15)23-11-6-4-10(2)5-7-11/h4-9H,3H2,1-2H3,(H2,17,18,19,20,21). The SMILES string of the molecule is CCOC(=O)Nc1nc2ncc(Sc3ccc(C)cc3)cc2[nH]1. The van der Waals surface area contributed by atoms with Crippen LogP contribution in [0.4, 0.5) is 10.7 Å². The highest BCUT2D eigenvalue weighted by Crippen LogP contribution is 2.29. The average Bonchev–Trinajstić information content (AvgIpc) is 2.91. The molecule has 1 amide bonds. The lowest BCUT2D eigenvalue weighted by Gasteiger charge is -2.01. The van der Waals surface area contributed by atoms with Gasteiger partial charge in [0.1, 0.15) is 0 Å². The molecule has 0 bridgehead atoms. The zero-order valence-electron chi connectivity index (χ0n) is 12.8. The van der Waals surface area contributed by atoms with Crippen LogP contribution in [0.5, 0.6) is 0 Å². The number of aromatic nitrogens is 3. The van der Waals surface area contributed by atoms with E-state index in [1.807, 2.05) is 6.07 Å². The van der Waals surface area contributed by atoms with Gasteiger partial charge in [0, 0.05) is 16.0 Å². The molecule has 0 atom stereocenters. The molecule has 3 aromatic rings. The molecule has 7 heteroatoms. The fourth-order valence-electron chi connectivity index (χ4n) is 2.00. The van der Waals surface area contributed by atoms with E-state index in [2.05, 4.69) is 51.5 Å². The van der Waals surface area contributed by atoms with Crippen LogP contribution in [-0.4, -0.2) is 27.7 Å². The Morgan fingerprint density at radius 3 is 2.83 bits per heavy atom. The van der Waals surface area contributed by atoms with E-state index in [1.54, 1.807) is 24.9 Å². The van der Waals surface area contributed by atoms with Gasteiger partial charge in [0.05, 0.1) is 12.1 Å². The Bertz CT molecular complexity index is 830. The molecule has 3 rings (SSSR count). The predicted molar refractivity (Wildman–Crippen MR) is 89.8 cm³/mol. The Morgan fingerprint density at radius 1 is 1.30 bits per heavy atom. The van der Waals surface area contributed by atoms with Crippen LogP contribution in [0.25, 0.3) is 11.2 Å². The molecule has 0 radical (unpaired) electrons. The summed E-state index contributed by atoms with van der Waals surface area (Å²) < 4.78 is 4.82. The fourth-order valence-corrected chi connectivity index (χ4v) is 2.83. The number of aromatic amines is 1. The number of ether oxygens (including phenoxy) is 1. The van der Waals surface area contributed by atoms with Gasteiger partial charge >= 0.3 is 6.09 Å². The van der Waals surface area contributed by atoms with Gasteiger partial charge in [-0.1, -0.05) is 29.5 Å². The third-order valence-electron chi connectivity index (χ3n) is 3.06. The number of pyridine rings is 1. The zero-order valence-corrected chi connectivity index (χ0v) is 13.6. The maximum atomic E-state index is 11.4. The number of anilines is 1. The van der Waals surface area contributed by atoms with E-state index in [1.165, 1.54) is 5.56 Å². The zero-order chi connectivity index (χ0) is 16.2. The lowest BCUT2D eigenvalue weighted by molar-refractivity contribution is 0.167. The number of nitrogens with one attached hydrogen (secondary N) is 2. The number of carbonyl (C=O) groups excluding carboxylic acids is 1. The summed E-state index contributed by atoms with van der Waals surface area (Å²) in [7, 11) is 0. The molecular weight excluding hydrogens is 312 g/mol. The van der Waals surface area contributed by atoms with E-state index in [9.17, 15) is 4.79 Å². The first-order valence-corrected chi connectivity index (χ1v) is 8.00. The number of nitrogens with zero attached hydrogens (tertiary/aromatic N) is 2. The fraction of sp³-hybridized carbons (Fsp3) is 0.188. The first kappa shape index (κ1) is 15.4. The molecule has 0 spiro atoms. The third kappa shape index (κ3) is 3.81. The Kier molecular flexibility index (Phi) is 4.47. The van der Waals surface area contributed by atoms with Crippen molar-refractivity contribution >= 4 is 35.0 Å². The normalized spacial score (nSPS) is 10.7. The monoisotopic (exact) mass is 328 g/mol. The number of carbonyl (C=O) groups is 1. The molecule has 2 aromatic heterocycles. The van der Waals surface area contributed by atoms with Crippen molar-refractivity contribution in [2.75, 3.05) is 11.9 Å². The Labute approximate surface area is 137 Å². The molecule has 0 aliphatic heterocycles. The Morgan fingerprint density at radius 2 is 2.09 bits per heavy atom. The number of rotatable bonds is 4. The highest BCUT2D eigenvalue weighted by molar-refractivity contribution is 7.99. The maximum Gasteiger partial charge on any atom is 0.413 e. The van der Waals surface area contributed by atoms with Crippen LogP contribution in [0.3, 0.4) is 0 Å². The van der Waals surface area contributed by atoms with Gasteiger partial charge in [-0.2, -0.15) is 4.98 Å². The average molecular weight is 328 g/mol. The second kappa shape index (κ2) is 6.70. The summed E-state index contributed by atoms with van der Waals surface area (Å²) in [6.45, 7) is 4.11. The molecule has 6 nitrogen and oxygen atoms in total. The van der Waals surface area contributed by atoms with Crippen LogP contribution in [0, 0.1) is 6.92 Å². The van der Waals surface area contributed by atoms with E-state index in [0.717, 1.165) is 15.3 Å². The predicted octanol–water partition coefficient (Wildman–Crippen LogP) is 3.99. The summed E-state index contributed by atoms with van der Waals surface area (Å²) in [6.07, 6.45) is 1.22. The van der Waals surface area contributed by atoms with Crippen LogP contribution < -0.4 is 5.32 Å². The molecule has 2 N–H and O–H groups in total. The van der Waals surface area contributed by atoms with E-state index in [0.29, 0.717) is 18.2 Å². The van der Waals surface area contributed by atoms with Gasteiger partial charge in [-0.3, -0.25) is 5.32 Å². The summed E-state index contributed by atoms with van der Waals surface area (Å²) in [6, 6.07) is 10.3. The van der Waals surface area contributed by atoms with Crippen molar-refractivity contribution in [1.82, 2.24) is 15.0 Å². The first-order chi connectivity index (χ1) is 11.1. The largest absolute Gasteiger partial charge is 0.450 e. The molecule has 0 saturated carbocycles. The molecule has 0 fully saturated rings. The van der Waals surface area contributed by atoms with Crippen LogP contribution in [0.15, 0.2) is 46.3 Å². The molecule has 23 heavy (non-hydrogen) atoms. The molecule has 2 heterocycles. The van der Waals surface area contributed by atoms with Crippen LogP contribution in [0.2, 0.25) is 0 Å². The van der Waals surface area contributed by atoms with Gasteiger partial charge in [0.15, 0.2) is 5.65 Å². The summed E-state index contributed by atoms with van der Waals surface area (Å²) in [5, 5.41) is 2.53. The van der Waals surface area contributed by atoms with Gasteiger partial charge in [0.25, 0.3) is 0 Å². The number of fused-ring (bicyclic) bond motifs is 1. The van der Waals surface area contributed by atoms with Gasteiger partial charge in [0.2, 0.25) is 5.95 Å². The maximum absolute atomic E-state index is 11.4. The van der Waals surface area contributed by atoms with Crippen molar-refractivity contribution in [3.05, 3.63) is 42.1 Å². The molecule has 118 valence electrons. The lowest BCUT2D eigenvalue weighted by Crippen LogP contribution is -2.14. The molecule has 0 unspecified atom stereocenters. The Hall–Kier alpha value is -2.54. The molecule has 0 saturated heterocycles. The van der Waals surface area contributed by atoms with E-state index in [-0.39, 0.29) is 0 Å². The quantitative estimate of drug-likeness (QED) is 0.757. The van der Waals surface area contributed by atoms with Crippen LogP contribution in [0.1, 0.15) is 12.5 Å². The smallest absolute Gasteiger partial charge is 0.413 e. The lowest BCUT2D eigenvalue weighted by atomic mass is 10.2. The number of amides is 1. The van der Waals surface area contributed by atoms with Crippen LogP contribution in [-0.2, 0) is 4.74 Å². The third-order valence-corrected chi connectivity index (χ3v) is 4.03. The number of benzene rings is 1. The number of hydrogen-bond donors (Lipinski definition) is 2. The minimum absolute atomic E-state index is 0.307. The van der Waals surface area contributed by atoms with Gasteiger partial charge in [-0.15, -0.1) is 0 Å². The van der Waals surface area contributed by atoms with Crippen molar-refractivity contribution < 1.29 is 9.53 Å². The molecular formula is C16H16N4O2S. The molecule has 0 aliphatic rings.